The minimum atomic E-state index is -0.0932. The maximum absolute atomic E-state index is 12.2. The first kappa shape index (κ1) is 17.2. The minimum absolute atomic E-state index is 0.0932. The predicted molar refractivity (Wildman–Crippen MR) is 101 cm³/mol. The lowest BCUT2D eigenvalue weighted by Crippen LogP contribution is -2.25. The van der Waals surface area contributed by atoms with Crippen molar-refractivity contribution in [3.63, 3.8) is 0 Å². The monoisotopic (exact) mass is 352 g/mol. The van der Waals surface area contributed by atoms with E-state index in [-0.39, 0.29) is 5.91 Å². The van der Waals surface area contributed by atoms with Gasteiger partial charge in [-0.25, -0.2) is 4.98 Å². The number of carbonyl (C=O) groups is 1. The number of nitrogens with zero attached hydrogens (tertiary/aromatic N) is 1. The standard InChI is InChI=1S/C20H20N2O2S/c1-14-18(25-20(22-14)15-7-4-3-5-8-15)11-12-21-19(23)16-9-6-10-17(13-16)24-2/h3-10,13H,11-12H2,1-2H3,(H,21,23). The van der Waals surface area contributed by atoms with Gasteiger partial charge in [0.2, 0.25) is 0 Å². The zero-order valence-electron chi connectivity index (χ0n) is 14.3. The number of thiazole rings is 1. The molecule has 0 aliphatic carbocycles. The maximum Gasteiger partial charge on any atom is 0.251 e. The zero-order chi connectivity index (χ0) is 17.6. The average Bonchev–Trinajstić information content (AvgIpc) is 3.03. The summed E-state index contributed by atoms with van der Waals surface area (Å²) in [5, 5.41) is 3.98. The van der Waals surface area contributed by atoms with Crippen molar-refractivity contribution < 1.29 is 9.53 Å². The summed E-state index contributed by atoms with van der Waals surface area (Å²) >= 11 is 1.68. The topological polar surface area (TPSA) is 51.2 Å². The van der Waals surface area contributed by atoms with Crippen molar-refractivity contribution in [2.75, 3.05) is 13.7 Å². The highest BCUT2D eigenvalue weighted by molar-refractivity contribution is 7.15. The van der Waals surface area contributed by atoms with E-state index >= 15 is 0 Å². The van der Waals surface area contributed by atoms with Crippen molar-refractivity contribution in [2.24, 2.45) is 0 Å². The Morgan fingerprint density at radius 1 is 1.16 bits per heavy atom. The van der Waals surface area contributed by atoms with Crippen LogP contribution in [0.4, 0.5) is 0 Å². The normalized spacial score (nSPS) is 10.5. The Bertz CT molecular complexity index is 859. The second kappa shape index (κ2) is 7.94. The van der Waals surface area contributed by atoms with Gasteiger partial charge < -0.3 is 10.1 Å². The molecule has 0 aliphatic rings. The third-order valence-corrected chi connectivity index (χ3v) is 5.15. The second-order valence-electron chi connectivity index (χ2n) is 5.63. The molecule has 1 heterocycles. The molecule has 5 heteroatoms. The zero-order valence-corrected chi connectivity index (χ0v) is 15.1. The first-order valence-corrected chi connectivity index (χ1v) is 8.93. The van der Waals surface area contributed by atoms with Gasteiger partial charge in [0, 0.05) is 29.0 Å². The Hall–Kier alpha value is -2.66. The number of hydrogen-bond donors (Lipinski definition) is 1. The van der Waals surface area contributed by atoms with Crippen molar-refractivity contribution >= 4 is 17.2 Å². The molecule has 0 radical (unpaired) electrons. The number of aryl methyl sites for hydroxylation is 1. The molecule has 1 N–H and O–H groups in total. The lowest BCUT2D eigenvalue weighted by Gasteiger charge is -2.06. The molecule has 0 saturated heterocycles. The largest absolute Gasteiger partial charge is 0.497 e. The molecular weight excluding hydrogens is 332 g/mol. The molecule has 25 heavy (non-hydrogen) atoms. The van der Waals surface area contributed by atoms with Gasteiger partial charge in [-0.15, -0.1) is 11.3 Å². The number of carbonyl (C=O) groups excluding carboxylic acids is 1. The van der Waals surface area contributed by atoms with Crippen LogP contribution in [0.2, 0.25) is 0 Å². The van der Waals surface area contributed by atoms with Crippen LogP contribution in [0.25, 0.3) is 10.6 Å². The molecule has 0 aliphatic heterocycles. The average molecular weight is 352 g/mol. The summed E-state index contributed by atoms with van der Waals surface area (Å²) in [6.45, 7) is 2.59. The van der Waals surface area contributed by atoms with Gasteiger partial charge in [-0.05, 0) is 25.1 Å². The second-order valence-corrected chi connectivity index (χ2v) is 6.72. The van der Waals surface area contributed by atoms with Gasteiger partial charge in [-0.3, -0.25) is 4.79 Å². The van der Waals surface area contributed by atoms with E-state index in [4.69, 9.17) is 4.74 Å². The van der Waals surface area contributed by atoms with Gasteiger partial charge in [-0.2, -0.15) is 0 Å². The molecule has 3 aromatic rings. The summed E-state index contributed by atoms with van der Waals surface area (Å²) in [6, 6.07) is 17.3. The summed E-state index contributed by atoms with van der Waals surface area (Å²) in [5.41, 5.74) is 2.76. The van der Waals surface area contributed by atoms with Crippen LogP contribution in [-0.4, -0.2) is 24.5 Å². The first-order valence-electron chi connectivity index (χ1n) is 8.11. The molecule has 0 atom stereocenters. The van der Waals surface area contributed by atoms with Gasteiger partial charge in [0.1, 0.15) is 10.8 Å². The summed E-state index contributed by atoms with van der Waals surface area (Å²) in [6.07, 6.45) is 0.770. The molecule has 0 spiro atoms. The van der Waals surface area contributed by atoms with Crippen LogP contribution in [0.5, 0.6) is 5.75 Å². The Morgan fingerprint density at radius 3 is 2.72 bits per heavy atom. The number of amides is 1. The van der Waals surface area contributed by atoms with E-state index in [1.165, 1.54) is 4.88 Å². The van der Waals surface area contributed by atoms with Crippen molar-refractivity contribution in [1.29, 1.82) is 0 Å². The van der Waals surface area contributed by atoms with Crippen molar-refractivity contribution in [3.8, 4) is 16.3 Å². The van der Waals surface area contributed by atoms with Crippen LogP contribution in [0.3, 0.4) is 0 Å². The number of aromatic nitrogens is 1. The van der Waals surface area contributed by atoms with Crippen LogP contribution < -0.4 is 10.1 Å². The fraction of sp³-hybridized carbons (Fsp3) is 0.200. The van der Waals surface area contributed by atoms with E-state index in [0.29, 0.717) is 17.9 Å². The molecule has 3 rings (SSSR count). The molecule has 1 aromatic heterocycles. The van der Waals surface area contributed by atoms with Crippen molar-refractivity contribution in [3.05, 3.63) is 70.7 Å². The van der Waals surface area contributed by atoms with E-state index in [1.54, 1.807) is 30.6 Å². The summed E-state index contributed by atoms with van der Waals surface area (Å²) < 4.78 is 5.15. The number of ether oxygens (including phenoxy) is 1. The van der Waals surface area contributed by atoms with Crippen LogP contribution in [0, 0.1) is 6.92 Å². The highest BCUT2D eigenvalue weighted by atomic mass is 32.1. The van der Waals surface area contributed by atoms with E-state index in [2.05, 4.69) is 22.4 Å². The van der Waals surface area contributed by atoms with Gasteiger partial charge in [-0.1, -0.05) is 36.4 Å². The van der Waals surface area contributed by atoms with Crippen LogP contribution in [0.1, 0.15) is 20.9 Å². The maximum atomic E-state index is 12.2. The molecule has 0 unspecified atom stereocenters. The Morgan fingerprint density at radius 2 is 1.96 bits per heavy atom. The van der Waals surface area contributed by atoms with Crippen molar-refractivity contribution in [2.45, 2.75) is 13.3 Å². The highest BCUT2D eigenvalue weighted by Crippen LogP contribution is 2.27. The quantitative estimate of drug-likeness (QED) is 0.727. The number of rotatable bonds is 6. The van der Waals surface area contributed by atoms with Crippen LogP contribution in [0.15, 0.2) is 54.6 Å². The highest BCUT2D eigenvalue weighted by Gasteiger charge is 2.10. The number of nitrogens with one attached hydrogen (secondary N) is 1. The predicted octanol–water partition coefficient (Wildman–Crippen LogP) is 4.10. The fourth-order valence-corrected chi connectivity index (χ4v) is 3.59. The molecule has 4 nitrogen and oxygen atoms in total. The molecule has 1 amide bonds. The molecule has 128 valence electrons. The van der Waals surface area contributed by atoms with Gasteiger partial charge in [0.05, 0.1) is 12.8 Å². The number of hydrogen-bond acceptors (Lipinski definition) is 4. The van der Waals surface area contributed by atoms with Crippen molar-refractivity contribution in [1.82, 2.24) is 10.3 Å². The smallest absolute Gasteiger partial charge is 0.251 e. The van der Waals surface area contributed by atoms with E-state index in [0.717, 1.165) is 22.7 Å². The lowest BCUT2D eigenvalue weighted by molar-refractivity contribution is 0.0954. The first-order chi connectivity index (χ1) is 12.2. The van der Waals surface area contributed by atoms with Gasteiger partial charge in [0.25, 0.3) is 5.91 Å². The lowest BCUT2D eigenvalue weighted by atomic mass is 10.2. The SMILES string of the molecule is COc1cccc(C(=O)NCCc2sc(-c3ccccc3)nc2C)c1. The molecule has 0 saturated carbocycles. The molecular formula is C20H20N2O2S. The molecule has 0 bridgehead atoms. The van der Waals surface area contributed by atoms with E-state index in [9.17, 15) is 4.79 Å². The number of methoxy groups -OCH3 is 1. The fourth-order valence-electron chi connectivity index (χ4n) is 2.52. The van der Waals surface area contributed by atoms with Gasteiger partial charge in [0.15, 0.2) is 0 Å². The molecule has 2 aromatic carbocycles. The summed E-state index contributed by atoms with van der Waals surface area (Å²) in [5.74, 6) is 0.586. The Balaban J connectivity index is 1.60. The third kappa shape index (κ3) is 4.25. The Kier molecular flexibility index (Phi) is 5.46. The number of benzene rings is 2. The minimum Gasteiger partial charge on any atom is -0.497 e. The van der Waals surface area contributed by atoms with Crippen LogP contribution in [-0.2, 0) is 6.42 Å². The third-order valence-electron chi connectivity index (χ3n) is 3.88. The Labute approximate surface area is 151 Å². The van der Waals surface area contributed by atoms with E-state index < -0.39 is 0 Å². The summed E-state index contributed by atoms with van der Waals surface area (Å²) in [4.78, 5) is 18.1. The summed E-state index contributed by atoms with van der Waals surface area (Å²) in [7, 11) is 1.59. The van der Waals surface area contributed by atoms with Gasteiger partial charge >= 0.3 is 0 Å². The van der Waals surface area contributed by atoms with Crippen LogP contribution >= 0.6 is 11.3 Å². The molecule has 0 fully saturated rings. The van der Waals surface area contributed by atoms with E-state index in [1.807, 2.05) is 37.3 Å².